The maximum atomic E-state index is 5.94. The normalized spacial score (nSPS) is 11.4. The molecule has 0 aliphatic carbocycles. The summed E-state index contributed by atoms with van der Waals surface area (Å²) < 4.78 is 5.94. The minimum atomic E-state index is 0.573. The summed E-state index contributed by atoms with van der Waals surface area (Å²) in [6.07, 6.45) is 3.60. The van der Waals surface area contributed by atoms with E-state index in [2.05, 4.69) is 46.4 Å². The van der Waals surface area contributed by atoms with Gasteiger partial charge in [-0.25, -0.2) is 29.9 Å². The second-order valence-electron chi connectivity index (χ2n) is 11.2. The van der Waals surface area contributed by atoms with Gasteiger partial charge in [0.1, 0.15) is 11.3 Å². The molecule has 0 atom stereocenters. The Morgan fingerprint density at radius 2 is 0.979 bits per heavy atom. The summed E-state index contributed by atoms with van der Waals surface area (Å²) in [5.74, 6) is 2.48. The molecule has 9 aromatic rings. The van der Waals surface area contributed by atoms with Gasteiger partial charge in [0.15, 0.2) is 28.9 Å². The first-order chi connectivity index (χ1) is 23.2. The second-order valence-corrected chi connectivity index (χ2v) is 11.2. The Morgan fingerprint density at radius 3 is 1.68 bits per heavy atom. The summed E-state index contributed by atoms with van der Waals surface area (Å²) in [5.41, 5.74) is 8.06. The number of para-hydroxylation sites is 1. The van der Waals surface area contributed by atoms with Crippen molar-refractivity contribution in [3.63, 3.8) is 0 Å². The first kappa shape index (κ1) is 26.8. The number of aromatic nitrogens is 6. The van der Waals surface area contributed by atoms with E-state index in [0.717, 1.165) is 60.7 Å². The number of nitrogens with zero attached hydrogens (tertiary/aromatic N) is 6. The SMILES string of the molecule is c1ccc(-c2nc(-c3ccccc3)nc(-c3ccc(-c4ccc5nc(-c6cc7c(cn6)oc6ccccc67)ncc5c4)cc3)n2)cc1. The highest BCUT2D eigenvalue weighted by atomic mass is 16.3. The van der Waals surface area contributed by atoms with Crippen LogP contribution in [0, 0.1) is 0 Å². The van der Waals surface area contributed by atoms with Crippen molar-refractivity contribution in [2.75, 3.05) is 0 Å². The van der Waals surface area contributed by atoms with Crippen LogP contribution in [-0.2, 0) is 0 Å². The molecule has 0 spiro atoms. The van der Waals surface area contributed by atoms with Crippen molar-refractivity contribution in [3.05, 3.63) is 146 Å². The predicted octanol–water partition coefficient (Wildman–Crippen LogP) is 9.44. The van der Waals surface area contributed by atoms with Crippen LogP contribution in [0.3, 0.4) is 0 Å². The van der Waals surface area contributed by atoms with Crippen LogP contribution in [-0.4, -0.2) is 29.9 Å². The van der Waals surface area contributed by atoms with Gasteiger partial charge in [0.25, 0.3) is 0 Å². The third-order valence-electron chi connectivity index (χ3n) is 8.25. The van der Waals surface area contributed by atoms with Gasteiger partial charge in [-0.05, 0) is 35.4 Å². The highest BCUT2D eigenvalue weighted by molar-refractivity contribution is 6.05. The lowest BCUT2D eigenvalue weighted by molar-refractivity contribution is 0.667. The lowest BCUT2D eigenvalue weighted by Crippen LogP contribution is -2.00. The molecule has 9 rings (SSSR count). The van der Waals surface area contributed by atoms with Crippen LogP contribution < -0.4 is 0 Å². The third kappa shape index (κ3) is 4.96. The van der Waals surface area contributed by atoms with E-state index < -0.39 is 0 Å². The number of hydrogen-bond donors (Lipinski definition) is 0. The molecule has 4 heterocycles. The van der Waals surface area contributed by atoms with Gasteiger partial charge >= 0.3 is 0 Å². The Kier molecular flexibility index (Phi) is 6.31. The zero-order valence-electron chi connectivity index (χ0n) is 24.9. The molecule has 0 N–H and O–H groups in total. The zero-order chi connectivity index (χ0) is 31.2. The maximum Gasteiger partial charge on any atom is 0.178 e. The number of pyridine rings is 1. The predicted molar refractivity (Wildman–Crippen MR) is 185 cm³/mol. The molecule has 4 aromatic heterocycles. The zero-order valence-corrected chi connectivity index (χ0v) is 24.9. The monoisotopic (exact) mass is 604 g/mol. The van der Waals surface area contributed by atoms with Crippen LogP contribution in [0.4, 0.5) is 0 Å². The number of rotatable bonds is 5. The Balaban J connectivity index is 1.03. The Bertz CT molecular complexity index is 2510. The fraction of sp³-hybridized carbons (Fsp3) is 0. The molecule has 0 bridgehead atoms. The van der Waals surface area contributed by atoms with E-state index in [1.165, 1.54) is 0 Å². The molecule has 7 nitrogen and oxygen atoms in total. The van der Waals surface area contributed by atoms with Gasteiger partial charge < -0.3 is 4.42 Å². The minimum absolute atomic E-state index is 0.573. The van der Waals surface area contributed by atoms with Crippen molar-refractivity contribution < 1.29 is 4.42 Å². The van der Waals surface area contributed by atoms with E-state index in [4.69, 9.17) is 24.4 Å². The number of fused-ring (bicyclic) bond motifs is 4. The van der Waals surface area contributed by atoms with Gasteiger partial charge in [-0.15, -0.1) is 0 Å². The van der Waals surface area contributed by atoms with Crippen LogP contribution in [0.15, 0.2) is 150 Å². The fourth-order valence-electron chi connectivity index (χ4n) is 5.84. The summed E-state index contributed by atoms with van der Waals surface area (Å²) in [5, 5.41) is 2.99. The quantitative estimate of drug-likeness (QED) is 0.193. The molecular formula is C40H24N6O. The molecule has 0 radical (unpaired) electrons. The smallest absolute Gasteiger partial charge is 0.178 e. The third-order valence-corrected chi connectivity index (χ3v) is 8.25. The van der Waals surface area contributed by atoms with Crippen LogP contribution in [0.25, 0.3) is 89.7 Å². The summed E-state index contributed by atoms with van der Waals surface area (Å²) in [7, 11) is 0. The summed E-state index contributed by atoms with van der Waals surface area (Å²) in [6, 6.07) is 44.5. The largest absolute Gasteiger partial charge is 0.454 e. The first-order valence-corrected chi connectivity index (χ1v) is 15.3. The maximum absolute atomic E-state index is 5.94. The van der Waals surface area contributed by atoms with Crippen LogP contribution in [0.5, 0.6) is 0 Å². The van der Waals surface area contributed by atoms with Crippen molar-refractivity contribution in [2.24, 2.45) is 0 Å². The molecule has 0 unspecified atom stereocenters. The number of hydrogen-bond acceptors (Lipinski definition) is 7. The van der Waals surface area contributed by atoms with Gasteiger partial charge in [0.2, 0.25) is 0 Å². The molecular weight excluding hydrogens is 580 g/mol. The molecule has 5 aromatic carbocycles. The molecule has 0 aliphatic heterocycles. The van der Waals surface area contributed by atoms with Gasteiger partial charge in [-0.3, -0.25) is 0 Å². The topological polar surface area (TPSA) is 90.5 Å². The lowest BCUT2D eigenvalue weighted by atomic mass is 10.0. The number of furan rings is 1. The van der Waals surface area contributed by atoms with Crippen molar-refractivity contribution in [2.45, 2.75) is 0 Å². The van der Waals surface area contributed by atoms with Crippen LogP contribution >= 0.6 is 0 Å². The molecule has 0 fully saturated rings. The first-order valence-electron chi connectivity index (χ1n) is 15.3. The van der Waals surface area contributed by atoms with E-state index >= 15 is 0 Å². The molecule has 0 saturated carbocycles. The summed E-state index contributed by atoms with van der Waals surface area (Å²) >= 11 is 0. The molecule has 0 aliphatic rings. The van der Waals surface area contributed by atoms with Crippen LogP contribution in [0.1, 0.15) is 0 Å². The fourth-order valence-corrected chi connectivity index (χ4v) is 5.84. The average molecular weight is 605 g/mol. The highest BCUT2D eigenvalue weighted by Crippen LogP contribution is 2.32. The highest BCUT2D eigenvalue weighted by Gasteiger charge is 2.14. The van der Waals surface area contributed by atoms with Crippen LogP contribution in [0.2, 0.25) is 0 Å². The molecule has 220 valence electrons. The van der Waals surface area contributed by atoms with Gasteiger partial charge in [0, 0.05) is 39.0 Å². The Labute approximate surface area is 269 Å². The lowest BCUT2D eigenvalue weighted by Gasteiger charge is -2.09. The molecule has 47 heavy (non-hydrogen) atoms. The summed E-state index contributed by atoms with van der Waals surface area (Å²) in [6.45, 7) is 0. The van der Waals surface area contributed by atoms with Crippen molar-refractivity contribution >= 4 is 32.8 Å². The Morgan fingerprint density at radius 1 is 0.383 bits per heavy atom. The van der Waals surface area contributed by atoms with Crippen molar-refractivity contribution in [1.82, 2.24) is 29.9 Å². The summed E-state index contributed by atoms with van der Waals surface area (Å²) in [4.78, 5) is 28.6. The molecule has 0 saturated heterocycles. The van der Waals surface area contributed by atoms with E-state index in [9.17, 15) is 0 Å². The van der Waals surface area contributed by atoms with Gasteiger partial charge in [0.05, 0.1) is 11.7 Å². The van der Waals surface area contributed by atoms with Crippen molar-refractivity contribution in [1.29, 1.82) is 0 Å². The van der Waals surface area contributed by atoms with Gasteiger partial charge in [-0.2, -0.15) is 0 Å². The minimum Gasteiger partial charge on any atom is -0.454 e. The van der Waals surface area contributed by atoms with Gasteiger partial charge in [-0.1, -0.05) is 109 Å². The molecule has 7 heteroatoms. The van der Waals surface area contributed by atoms with Crippen molar-refractivity contribution in [3.8, 4) is 56.8 Å². The number of benzene rings is 5. The van der Waals surface area contributed by atoms with E-state index in [1.807, 2.05) is 103 Å². The molecule has 0 amide bonds. The average Bonchev–Trinajstić information content (AvgIpc) is 3.53. The van der Waals surface area contributed by atoms with E-state index in [1.54, 1.807) is 6.20 Å². The second kappa shape index (κ2) is 11.1. The Hall–Kier alpha value is -6.60. The van der Waals surface area contributed by atoms with E-state index in [-0.39, 0.29) is 0 Å². The standard InChI is InChI=1S/C40H24N6O/c1-3-9-26(10-4-1)37-44-38(27-11-5-2-6-12-27)46-39(45-37)28-17-15-25(16-18-28)29-19-20-33-30(21-29)23-42-40(43-33)34-22-32-31-13-7-8-14-35(31)47-36(32)24-41-34/h1-24H. The van der Waals surface area contributed by atoms with E-state index in [0.29, 0.717) is 29.0 Å².